The molecule has 0 radical (unpaired) electrons. The standard InChI is InChI=1S/C13H11N3O2.C13H9NO4/c14-12(17)10-6-9(7-11(16-10)13(15)18)8-4-2-1-3-5-8;15-12(16)10-6-9(7-11(14-10)13(17)18)8-4-2-1-3-5-8/h1-7H,(H2,14,17)(H2,15,18);1-7H,(H,15,16)(H,17,18). The van der Waals surface area contributed by atoms with Crippen LogP contribution in [0, 0.1) is 0 Å². The molecule has 0 spiro atoms. The van der Waals surface area contributed by atoms with E-state index in [1.807, 2.05) is 36.4 Å². The predicted octanol–water partition coefficient (Wildman–Crippen LogP) is 3.09. The van der Waals surface area contributed by atoms with Crippen LogP contribution in [0.3, 0.4) is 0 Å². The van der Waals surface area contributed by atoms with Crippen LogP contribution in [0.4, 0.5) is 0 Å². The molecule has 4 aromatic rings. The van der Waals surface area contributed by atoms with E-state index in [0.29, 0.717) is 11.1 Å². The molecule has 0 aliphatic rings. The van der Waals surface area contributed by atoms with E-state index < -0.39 is 23.8 Å². The third-order valence-electron chi connectivity index (χ3n) is 4.81. The molecular formula is C26H20N4O6. The number of carbonyl (C=O) groups is 4. The van der Waals surface area contributed by atoms with Gasteiger partial charge in [0.15, 0.2) is 0 Å². The Bertz CT molecular complexity index is 1260. The third-order valence-corrected chi connectivity index (χ3v) is 4.81. The monoisotopic (exact) mass is 484 g/mol. The highest BCUT2D eigenvalue weighted by Gasteiger charge is 2.14. The second kappa shape index (κ2) is 11.2. The lowest BCUT2D eigenvalue weighted by Gasteiger charge is -2.05. The number of amides is 2. The van der Waals surface area contributed by atoms with Crippen LogP contribution < -0.4 is 11.5 Å². The molecule has 10 heteroatoms. The van der Waals surface area contributed by atoms with Crippen molar-refractivity contribution in [2.45, 2.75) is 0 Å². The Balaban J connectivity index is 0.000000201. The lowest BCUT2D eigenvalue weighted by molar-refractivity contribution is 0.0684. The van der Waals surface area contributed by atoms with Gasteiger partial charge in [-0.25, -0.2) is 19.6 Å². The fraction of sp³-hybridized carbons (Fsp3) is 0. The molecule has 0 saturated carbocycles. The van der Waals surface area contributed by atoms with Gasteiger partial charge >= 0.3 is 11.9 Å². The molecule has 0 aliphatic heterocycles. The van der Waals surface area contributed by atoms with Gasteiger partial charge in [0.25, 0.3) is 11.8 Å². The highest BCUT2D eigenvalue weighted by molar-refractivity contribution is 5.97. The maximum atomic E-state index is 11.2. The van der Waals surface area contributed by atoms with Gasteiger partial charge in [0, 0.05) is 0 Å². The summed E-state index contributed by atoms with van der Waals surface area (Å²) in [5, 5.41) is 17.8. The summed E-state index contributed by atoms with van der Waals surface area (Å²) in [4.78, 5) is 51.5. The number of nitrogens with two attached hydrogens (primary N) is 2. The van der Waals surface area contributed by atoms with Crippen LogP contribution in [0.25, 0.3) is 22.3 Å². The summed E-state index contributed by atoms with van der Waals surface area (Å²) >= 11 is 0. The number of hydrogen-bond acceptors (Lipinski definition) is 6. The Labute approximate surface area is 204 Å². The van der Waals surface area contributed by atoms with E-state index in [4.69, 9.17) is 21.7 Å². The lowest BCUT2D eigenvalue weighted by Crippen LogP contribution is -2.18. The quantitative estimate of drug-likeness (QED) is 0.321. The minimum absolute atomic E-state index is 0.0187. The number of aromatic carboxylic acids is 2. The fourth-order valence-electron chi connectivity index (χ4n) is 3.13. The molecular weight excluding hydrogens is 464 g/mol. The summed E-state index contributed by atoms with van der Waals surface area (Å²) in [6, 6.07) is 24.0. The van der Waals surface area contributed by atoms with Crippen molar-refractivity contribution in [3.63, 3.8) is 0 Å². The van der Waals surface area contributed by atoms with Gasteiger partial charge in [-0.1, -0.05) is 60.7 Å². The number of carbonyl (C=O) groups excluding carboxylic acids is 2. The van der Waals surface area contributed by atoms with E-state index in [2.05, 4.69) is 9.97 Å². The van der Waals surface area contributed by atoms with Gasteiger partial charge in [-0.15, -0.1) is 0 Å². The van der Waals surface area contributed by atoms with Crippen LogP contribution >= 0.6 is 0 Å². The maximum absolute atomic E-state index is 11.2. The summed E-state index contributed by atoms with van der Waals surface area (Å²) in [6.07, 6.45) is 0. The first-order valence-electron chi connectivity index (χ1n) is 10.4. The van der Waals surface area contributed by atoms with Crippen molar-refractivity contribution in [1.82, 2.24) is 9.97 Å². The largest absolute Gasteiger partial charge is 0.477 e. The predicted molar refractivity (Wildman–Crippen MR) is 130 cm³/mol. The van der Waals surface area contributed by atoms with Gasteiger partial charge in [0.05, 0.1) is 0 Å². The lowest BCUT2D eigenvalue weighted by atomic mass is 10.0. The first-order valence-corrected chi connectivity index (χ1v) is 10.4. The van der Waals surface area contributed by atoms with Crippen LogP contribution in [0.5, 0.6) is 0 Å². The van der Waals surface area contributed by atoms with Crippen molar-refractivity contribution < 1.29 is 29.4 Å². The summed E-state index contributed by atoms with van der Waals surface area (Å²) in [5.41, 5.74) is 12.6. The number of primary amides is 2. The maximum Gasteiger partial charge on any atom is 0.354 e. The zero-order valence-electron chi connectivity index (χ0n) is 18.7. The Morgan fingerprint density at radius 2 is 0.806 bits per heavy atom. The van der Waals surface area contributed by atoms with E-state index in [1.54, 1.807) is 24.3 Å². The SMILES string of the molecule is NC(=O)c1cc(-c2ccccc2)cc(C(N)=O)n1.O=C(O)c1cc(-c2ccccc2)cc(C(=O)O)n1. The average molecular weight is 484 g/mol. The second-order valence-corrected chi connectivity index (χ2v) is 7.32. The third kappa shape index (κ3) is 6.35. The minimum atomic E-state index is -1.25. The molecule has 36 heavy (non-hydrogen) atoms. The van der Waals surface area contributed by atoms with Crippen molar-refractivity contribution in [3.05, 3.63) is 108 Å². The summed E-state index contributed by atoms with van der Waals surface area (Å²) in [5.74, 6) is -3.91. The van der Waals surface area contributed by atoms with Gasteiger partial charge in [-0.05, 0) is 46.5 Å². The van der Waals surface area contributed by atoms with Crippen LogP contribution in [0.2, 0.25) is 0 Å². The molecule has 2 aromatic heterocycles. The van der Waals surface area contributed by atoms with Crippen molar-refractivity contribution in [1.29, 1.82) is 0 Å². The minimum Gasteiger partial charge on any atom is -0.477 e. The number of carboxylic acids is 2. The molecule has 0 unspecified atom stereocenters. The normalized spacial score (nSPS) is 10.0. The first kappa shape index (κ1) is 25.2. The number of benzene rings is 2. The smallest absolute Gasteiger partial charge is 0.354 e. The molecule has 0 fully saturated rings. The zero-order chi connectivity index (χ0) is 26.2. The first-order chi connectivity index (χ1) is 17.2. The molecule has 2 aromatic carbocycles. The van der Waals surface area contributed by atoms with E-state index in [0.717, 1.165) is 11.1 Å². The Hall–Kier alpha value is -5.38. The molecule has 0 bridgehead atoms. The number of aromatic nitrogens is 2. The summed E-state index contributed by atoms with van der Waals surface area (Å²) in [7, 11) is 0. The van der Waals surface area contributed by atoms with Gasteiger partial charge in [0.1, 0.15) is 22.8 Å². The number of rotatable bonds is 6. The molecule has 180 valence electrons. The Morgan fingerprint density at radius 3 is 1.11 bits per heavy atom. The molecule has 0 atom stereocenters. The van der Waals surface area contributed by atoms with E-state index >= 15 is 0 Å². The molecule has 2 heterocycles. The summed E-state index contributed by atoms with van der Waals surface area (Å²) in [6.45, 7) is 0. The van der Waals surface area contributed by atoms with Crippen LogP contribution in [-0.4, -0.2) is 43.9 Å². The Morgan fingerprint density at radius 1 is 0.500 bits per heavy atom. The fourth-order valence-corrected chi connectivity index (χ4v) is 3.13. The number of hydrogen-bond donors (Lipinski definition) is 4. The average Bonchev–Trinajstić information content (AvgIpc) is 2.89. The molecule has 4 rings (SSSR count). The number of pyridine rings is 2. The summed E-state index contributed by atoms with van der Waals surface area (Å²) < 4.78 is 0. The topological polar surface area (TPSA) is 187 Å². The molecule has 6 N–H and O–H groups in total. The van der Waals surface area contributed by atoms with Crippen molar-refractivity contribution in [2.75, 3.05) is 0 Å². The van der Waals surface area contributed by atoms with Gasteiger partial charge in [-0.2, -0.15) is 0 Å². The number of nitrogens with zero attached hydrogens (tertiary/aromatic N) is 2. The van der Waals surface area contributed by atoms with E-state index in [9.17, 15) is 19.2 Å². The van der Waals surface area contributed by atoms with Gasteiger partial charge in [0.2, 0.25) is 0 Å². The zero-order valence-corrected chi connectivity index (χ0v) is 18.7. The van der Waals surface area contributed by atoms with Gasteiger partial charge in [-0.3, -0.25) is 9.59 Å². The molecule has 0 saturated heterocycles. The highest BCUT2D eigenvalue weighted by atomic mass is 16.4. The second-order valence-electron chi connectivity index (χ2n) is 7.32. The van der Waals surface area contributed by atoms with Crippen molar-refractivity contribution in [2.24, 2.45) is 11.5 Å². The number of carboxylic acid groups (broad SMARTS) is 2. The molecule has 10 nitrogen and oxygen atoms in total. The van der Waals surface area contributed by atoms with Crippen LogP contribution in [0.15, 0.2) is 84.9 Å². The Kier molecular flexibility index (Phi) is 7.83. The highest BCUT2D eigenvalue weighted by Crippen LogP contribution is 2.21. The van der Waals surface area contributed by atoms with E-state index in [1.165, 1.54) is 24.3 Å². The molecule has 0 aliphatic carbocycles. The van der Waals surface area contributed by atoms with Gasteiger partial charge < -0.3 is 21.7 Å². The van der Waals surface area contributed by atoms with E-state index in [-0.39, 0.29) is 22.8 Å². The molecule has 2 amide bonds. The van der Waals surface area contributed by atoms with Crippen LogP contribution in [-0.2, 0) is 0 Å². The van der Waals surface area contributed by atoms with Crippen molar-refractivity contribution in [3.8, 4) is 22.3 Å². The van der Waals surface area contributed by atoms with Crippen LogP contribution in [0.1, 0.15) is 42.0 Å². The van der Waals surface area contributed by atoms with Crippen molar-refractivity contribution >= 4 is 23.8 Å².